The fourth-order valence-electron chi connectivity index (χ4n) is 2.97. The lowest BCUT2D eigenvalue weighted by Crippen LogP contribution is -2.52. The highest BCUT2D eigenvalue weighted by molar-refractivity contribution is 5.86. The summed E-state index contributed by atoms with van der Waals surface area (Å²) in [5, 5.41) is 2.96. The number of hydrogen-bond donors (Lipinski definition) is 2. The lowest BCUT2D eigenvalue weighted by atomic mass is 9.98. The van der Waals surface area contributed by atoms with Gasteiger partial charge in [-0.15, -0.1) is 0 Å². The Morgan fingerprint density at radius 1 is 1.19 bits per heavy atom. The van der Waals surface area contributed by atoms with Crippen molar-refractivity contribution >= 4 is 5.91 Å². The number of carbonyl (C=O) groups is 1. The number of rotatable bonds is 4. The van der Waals surface area contributed by atoms with Gasteiger partial charge in [-0.2, -0.15) is 0 Å². The predicted octanol–water partition coefficient (Wildman–Crippen LogP) is 1.39. The second-order valence-corrected chi connectivity index (χ2v) is 5.85. The quantitative estimate of drug-likeness (QED) is 0.879. The zero-order chi connectivity index (χ0) is 14.7. The van der Waals surface area contributed by atoms with E-state index in [9.17, 15) is 4.79 Å². The number of fused-ring (bicyclic) bond motifs is 1. The van der Waals surface area contributed by atoms with Gasteiger partial charge in [0.05, 0.1) is 5.54 Å². The molecule has 0 unspecified atom stereocenters. The number of ether oxygens (including phenoxy) is 2. The average Bonchev–Trinajstić information content (AvgIpc) is 2.95. The van der Waals surface area contributed by atoms with Crippen molar-refractivity contribution in [1.29, 1.82) is 0 Å². The van der Waals surface area contributed by atoms with Crippen LogP contribution in [0.15, 0.2) is 18.2 Å². The maximum absolute atomic E-state index is 12.1. The molecule has 0 bridgehead atoms. The molecule has 1 aliphatic carbocycles. The molecule has 0 atom stereocenters. The van der Waals surface area contributed by atoms with Gasteiger partial charge in [-0.1, -0.05) is 18.9 Å². The van der Waals surface area contributed by atoms with Crippen LogP contribution in [0.3, 0.4) is 0 Å². The second-order valence-electron chi connectivity index (χ2n) is 5.85. The SMILES string of the molecule is NC1(C(=O)NCCc2ccc3c(c2)OCCO3)CCCC1. The van der Waals surface area contributed by atoms with Crippen LogP contribution < -0.4 is 20.5 Å². The van der Waals surface area contributed by atoms with Gasteiger partial charge in [-0.05, 0) is 37.0 Å². The largest absolute Gasteiger partial charge is 0.486 e. The summed E-state index contributed by atoms with van der Waals surface area (Å²) in [6, 6.07) is 5.91. The predicted molar refractivity (Wildman–Crippen MR) is 79.5 cm³/mol. The number of nitrogens with one attached hydrogen (secondary N) is 1. The Balaban J connectivity index is 1.52. The number of benzene rings is 1. The first kappa shape index (κ1) is 14.2. The van der Waals surface area contributed by atoms with E-state index in [2.05, 4.69) is 5.32 Å². The molecule has 0 spiro atoms. The van der Waals surface area contributed by atoms with Gasteiger partial charge in [0.25, 0.3) is 0 Å². The molecule has 1 saturated carbocycles. The topological polar surface area (TPSA) is 73.6 Å². The van der Waals surface area contributed by atoms with Crippen LogP contribution in [0.25, 0.3) is 0 Å². The minimum atomic E-state index is -0.646. The van der Waals surface area contributed by atoms with Crippen molar-refractivity contribution in [3.05, 3.63) is 23.8 Å². The number of amides is 1. The summed E-state index contributed by atoms with van der Waals surface area (Å²) < 4.78 is 11.0. The van der Waals surface area contributed by atoms with E-state index in [1.165, 1.54) is 0 Å². The summed E-state index contributed by atoms with van der Waals surface area (Å²) in [7, 11) is 0. The third-order valence-electron chi connectivity index (χ3n) is 4.25. The van der Waals surface area contributed by atoms with E-state index in [0.717, 1.165) is 49.2 Å². The standard InChI is InChI=1S/C16H22N2O3/c17-16(6-1-2-7-16)15(19)18-8-5-12-3-4-13-14(11-12)21-10-9-20-13/h3-4,11H,1-2,5-10,17H2,(H,18,19). The Hall–Kier alpha value is -1.75. The molecule has 2 aliphatic rings. The third kappa shape index (κ3) is 3.13. The molecule has 3 rings (SSSR count). The first-order chi connectivity index (χ1) is 10.2. The minimum Gasteiger partial charge on any atom is -0.486 e. The fraction of sp³-hybridized carbons (Fsp3) is 0.562. The Bertz CT molecular complexity index is 524. The van der Waals surface area contributed by atoms with Gasteiger partial charge in [0.2, 0.25) is 5.91 Å². The molecule has 0 saturated heterocycles. The van der Waals surface area contributed by atoms with Gasteiger partial charge in [-0.25, -0.2) is 0 Å². The van der Waals surface area contributed by atoms with Crippen molar-refractivity contribution in [3.8, 4) is 11.5 Å². The molecule has 1 aliphatic heterocycles. The molecule has 1 amide bonds. The number of nitrogens with two attached hydrogens (primary N) is 1. The molecular formula is C16H22N2O3. The zero-order valence-corrected chi connectivity index (χ0v) is 12.2. The summed E-state index contributed by atoms with van der Waals surface area (Å²) in [4.78, 5) is 12.1. The summed E-state index contributed by atoms with van der Waals surface area (Å²) in [6.45, 7) is 1.78. The van der Waals surface area contributed by atoms with E-state index in [0.29, 0.717) is 19.8 Å². The Morgan fingerprint density at radius 3 is 2.67 bits per heavy atom. The van der Waals surface area contributed by atoms with Crippen LogP contribution in [0.5, 0.6) is 11.5 Å². The third-order valence-corrected chi connectivity index (χ3v) is 4.25. The summed E-state index contributed by atoms with van der Waals surface area (Å²) in [5.41, 5.74) is 6.60. The lowest BCUT2D eigenvalue weighted by Gasteiger charge is -2.22. The van der Waals surface area contributed by atoms with E-state index < -0.39 is 5.54 Å². The molecule has 3 N–H and O–H groups in total. The van der Waals surface area contributed by atoms with Crippen LogP contribution in [-0.4, -0.2) is 31.2 Å². The minimum absolute atomic E-state index is 0.0162. The second kappa shape index (κ2) is 5.93. The molecule has 1 fully saturated rings. The Kier molecular flexibility index (Phi) is 4.01. The van der Waals surface area contributed by atoms with Crippen LogP contribution in [-0.2, 0) is 11.2 Å². The van der Waals surface area contributed by atoms with Crippen LogP contribution in [0, 0.1) is 0 Å². The van der Waals surface area contributed by atoms with Gasteiger partial charge in [0.15, 0.2) is 11.5 Å². The van der Waals surface area contributed by atoms with Crippen molar-refractivity contribution in [1.82, 2.24) is 5.32 Å². The maximum atomic E-state index is 12.1. The lowest BCUT2D eigenvalue weighted by molar-refractivity contribution is -0.126. The highest BCUT2D eigenvalue weighted by Crippen LogP contribution is 2.31. The van der Waals surface area contributed by atoms with E-state index in [-0.39, 0.29) is 5.91 Å². The summed E-state index contributed by atoms with van der Waals surface area (Å²) in [5.74, 6) is 1.56. The van der Waals surface area contributed by atoms with Crippen molar-refractivity contribution < 1.29 is 14.3 Å². The zero-order valence-electron chi connectivity index (χ0n) is 12.2. The highest BCUT2D eigenvalue weighted by atomic mass is 16.6. The van der Waals surface area contributed by atoms with Gasteiger partial charge in [0.1, 0.15) is 13.2 Å². The van der Waals surface area contributed by atoms with Crippen LogP contribution in [0.2, 0.25) is 0 Å². The van der Waals surface area contributed by atoms with E-state index >= 15 is 0 Å². The first-order valence-corrected chi connectivity index (χ1v) is 7.63. The molecule has 1 aromatic rings. The van der Waals surface area contributed by atoms with E-state index in [1.807, 2.05) is 18.2 Å². The average molecular weight is 290 g/mol. The van der Waals surface area contributed by atoms with Crippen LogP contribution in [0.4, 0.5) is 0 Å². The molecular weight excluding hydrogens is 268 g/mol. The van der Waals surface area contributed by atoms with Crippen LogP contribution >= 0.6 is 0 Å². The smallest absolute Gasteiger partial charge is 0.240 e. The number of carbonyl (C=O) groups excluding carboxylic acids is 1. The van der Waals surface area contributed by atoms with Gasteiger partial charge >= 0.3 is 0 Å². The van der Waals surface area contributed by atoms with E-state index in [1.54, 1.807) is 0 Å². The normalized spacial score (nSPS) is 19.3. The molecule has 0 radical (unpaired) electrons. The van der Waals surface area contributed by atoms with Gasteiger partial charge in [0, 0.05) is 6.54 Å². The monoisotopic (exact) mass is 290 g/mol. The Morgan fingerprint density at radius 2 is 1.90 bits per heavy atom. The van der Waals surface area contributed by atoms with Crippen molar-refractivity contribution in [2.75, 3.05) is 19.8 Å². The van der Waals surface area contributed by atoms with Gasteiger partial charge < -0.3 is 20.5 Å². The molecule has 1 aromatic carbocycles. The molecule has 21 heavy (non-hydrogen) atoms. The van der Waals surface area contributed by atoms with Crippen LogP contribution in [0.1, 0.15) is 31.2 Å². The van der Waals surface area contributed by atoms with Crippen molar-refractivity contribution in [2.24, 2.45) is 5.73 Å². The Labute approximate surface area is 124 Å². The van der Waals surface area contributed by atoms with E-state index in [4.69, 9.17) is 15.2 Å². The maximum Gasteiger partial charge on any atom is 0.240 e. The summed E-state index contributed by atoms with van der Waals surface area (Å²) in [6.07, 6.45) is 4.45. The summed E-state index contributed by atoms with van der Waals surface area (Å²) >= 11 is 0. The van der Waals surface area contributed by atoms with Crippen molar-refractivity contribution in [3.63, 3.8) is 0 Å². The molecule has 0 aromatic heterocycles. The number of hydrogen-bond acceptors (Lipinski definition) is 4. The molecule has 114 valence electrons. The highest BCUT2D eigenvalue weighted by Gasteiger charge is 2.36. The molecule has 5 heteroatoms. The van der Waals surface area contributed by atoms with Gasteiger partial charge in [-0.3, -0.25) is 4.79 Å². The molecule has 5 nitrogen and oxygen atoms in total. The molecule has 1 heterocycles. The van der Waals surface area contributed by atoms with Crippen molar-refractivity contribution in [2.45, 2.75) is 37.6 Å². The first-order valence-electron chi connectivity index (χ1n) is 7.63. The fourth-order valence-corrected chi connectivity index (χ4v) is 2.97.